The van der Waals surface area contributed by atoms with Gasteiger partial charge in [-0.15, -0.1) is 0 Å². The first-order valence-corrected chi connectivity index (χ1v) is 9.65. The molecule has 1 atom stereocenters. The van der Waals surface area contributed by atoms with E-state index in [2.05, 4.69) is 57.4 Å². The van der Waals surface area contributed by atoms with Gasteiger partial charge in [0.05, 0.1) is 25.8 Å². The molecule has 2 heterocycles. The molecule has 4 rings (SSSR count). The first kappa shape index (κ1) is 17.4. The molecule has 0 saturated heterocycles. The maximum atomic E-state index is 5.45. The van der Waals surface area contributed by atoms with Crippen LogP contribution in [0.25, 0.3) is 10.9 Å². The second-order valence-electron chi connectivity index (χ2n) is 6.79. The minimum Gasteiger partial charge on any atom is -0.493 e. The van der Waals surface area contributed by atoms with Crippen molar-refractivity contribution in [2.45, 2.75) is 25.8 Å². The van der Waals surface area contributed by atoms with Gasteiger partial charge in [0.15, 0.2) is 11.5 Å². The van der Waals surface area contributed by atoms with Crippen LogP contribution in [0.2, 0.25) is 0 Å². The van der Waals surface area contributed by atoms with Crippen LogP contribution >= 0.6 is 15.9 Å². The lowest BCUT2D eigenvalue weighted by Gasteiger charge is -2.24. The summed E-state index contributed by atoms with van der Waals surface area (Å²) in [7, 11) is 3.34. The Morgan fingerprint density at radius 3 is 2.69 bits per heavy atom. The zero-order valence-corrected chi connectivity index (χ0v) is 16.9. The molecule has 0 fully saturated rings. The number of hydrogen-bond donors (Lipinski definition) is 2. The number of halogens is 1. The Balaban J connectivity index is 1.71. The number of nitrogens with one attached hydrogen (secondary N) is 2. The van der Waals surface area contributed by atoms with Crippen LogP contribution in [-0.4, -0.2) is 25.7 Å². The van der Waals surface area contributed by atoms with E-state index in [1.807, 2.05) is 6.07 Å². The Labute approximate surface area is 162 Å². The van der Waals surface area contributed by atoms with Crippen molar-refractivity contribution < 1.29 is 9.47 Å². The predicted molar refractivity (Wildman–Crippen MR) is 108 cm³/mol. The van der Waals surface area contributed by atoms with Crippen LogP contribution in [0.5, 0.6) is 11.5 Å². The van der Waals surface area contributed by atoms with Gasteiger partial charge >= 0.3 is 0 Å². The first-order valence-electron chi connectivity index (χ1n) is 8.86. The Kier molecular flexibility index (Phi) is 4.67. The molecule has 0 saturated carbocycles. The molecular weight excluding hydrogens is 392 g/mol. The summed E-state index contributed by atoms with van der Waals surface area (Å²) in [5, 5.41) is 5.00. The van der Waals surface area contributed by atoms with Gasteiger partial charge in [-0.05, 0) is 71.1 Å². The number of aromatic amines is 1. The van der Waals surface area contributed by atoms with Crippen molar-refractivity contribution in [1.82, 2.24) is 10.3 Å². The number of methoxy groups -OCH3 is 2. The average molecular weight is 415 g/mol. The third-order valence-electron chi connectivity index (χ3n) is 5.25. The van der Waals surface area contributed by atoms with Crippen molar-refractivity contribution in [2.75, 3.05) is 20.8 Å². The molecular formula is C21H23BrN2O2. The fraction of sp³-hybridized carbons (Fsp3) is 0.333. The molecule has 5 heteroatoms. The second-order valence-corrected chi connectivity index (χ2v) is 7.58. The number of ether oxygens (including phenoxy) is 2. The summed E-state index contributed by atoms with van der Waals surface area (Å²) >= 11 is 3.75. The summed E-state index contributed by atoms with van der Waals surface area (Å²) in [5.41, 5.74) is 6.41. The molecule has 1 aromatic heterocycles. The Morgan fingerprint density at radius 2 is 1.92 bits per heavy atom. The van der Waals surface area contributed by atoms with E-state index in [0.29, 0.717) is 0 Å². The van der Waals surface area contributed by atoms with Crippen molar-refractivity contribution in [3.05, 3.63) is 57.2 Å². The normalized spacial score (nSPS) is 16.5. The zero-order valence-electron chi connectivity index (χ0n) is 15.3. The van der Waals surface area contributed by atoms with Gasteiger partial charge in [-0.1, -0.05) is 18.2 Å². The van der Waals surface area contributed by atoms with E-state index in [9.17, 15) is 0 Å². The predicted octanol–water partition coefficient (Wildman–Crippen LogP) is 4.69. The van der Waals surface area contributed by atoms with Crippen molar-refractivity contribution in [3.63, 3.8) is 0 Å². The molecule has 0 aliphatic carbocycles. The average Bonchev–Trinajstić information content (AvgIpc) is 3.05. The lowest BCUT2D eigenvalue weighted by atomic mass is 9.94. The van der Waals surface area contributed by atoms with E-state index < -0.39 is 0 Å². The Morgan fingerprint density at radius 1 is 1.12 bits per heavy atom. The van der Waals surface area contributed by atoms with Crippen molar-refractivity contribution in [1.29, 1.82) is 0 Å². The molecule has 0 amide bonds. The number of benzene rings is 2. The molecule has 0 unspecified atom stereocenters. The number of aromatic nitrogens is 1. The highest BCUT2D eigenvalue weighted by atomic mass is 79.9. The van der Waals surface area contributed by atoms with Crippen molar-refractivity contribution >= 4 is 26.8 Å². The Hall–Kier alpha value is -1.98. The molecule has 26 heavy (non-hydrogen) atoms. The molecule has 2 N–H and O–H groups in total. The van der Waals surface area contributed by atoms with Crippen LogP contribution in [0, 0.1) is 6.92 Å². The quantitative estimate of drug-likeness (QED) is 0.650. The summed E-state index contributed by atoms with van der Waals surface area (Å²) in [5.74, 6) is 1.54. The van der Waals surface area contributed by atoms with Crippen molar-refractivity contribution in [3.8, 4) is 11.5 Å². The van der Waals surface area contributed by atoms with E-state index in [0.717, 1.165) is 35.4 Å². The van der Waals surface area contributed by atoms with E-state index in [-0.39, 0.29) is 6.04 Å². The lowest BCUT2D eigenvalue weighted by molar-refractivity contribution is 0.354. The summed E-state index contributed by atoms with van der Waals surface area (Å²) < 4.78 is 12.0. The largest absolute Gasteiger partial charge is 0.493 e. The van der Waals surface area contributed by atoms with Gasteiger partial charge in [0.25, 0.3) is 0 Å². The fourth-order valence-corrected chi connectivity index (χ4v) is 4.31. The number of aryl methyl sites for hydroxylation is 1. The van der Waals surface area contributed by atoms with Gasteiger partial charge in [0.2, 0.25) is 0 Å². The monoisotopic (exact) mass is 414 g/mol. The van der Waals surface area contributed by atoms with E-state index in [4.69, 9.17) is 9.47 Å². The van der Waals surface area contributed by atoms with E-state index in [1.165, 1.54) is 33.3 Å². The highest BCUT2D eigenvalue weighted by Crippen LogP contribution is 2.37. The topological polar surface area (TPSA) is 46.3 Å². The molecule has 3 aromatic rings. The summed E-state index contributed by atoms with van der Waals surface area (Å²) in [6.45, 7) is 3.12. The highest BCUT2D eigenvalue weighted by Gasteiger charge is 2.25. The first-order chi connectivity index (χ1) is 12.6. The molecule has 0 bridgehead atoms. The molecule has 0 radical (unpaired) electrons. The minimum absolute atomic E-state index is 0.261. The number of rotatable bonds is 4. The van der Waals surface area contributed by atoms with Crippen LogP contribution in [-0.2, 0) is 12.8 Å². The highest BCUT2D eigenvalue weighted by molar-refractivity contribution is 9.10. The maximum absolute atomic E-state index is 5.45. The molecule has 1 aliphatic heterocycles. The summed E-state index contributed by atoms with van der Waals surface area (Å²) in [4.78, 5) is 3.68. The third kappa shape index (κ3) is 2.89. The maximum Gasteiger partial charge on any atom is 0.160 e. The van der Waals surface area contributed by atoms with Crippen LogP contribution in [0.15, 0.2) is 34.8 Å². The second kappa shape index (κ2) is 6.97. The van der Waals surface area contributed by atoms with Gasteiger partial charge in [0.1, 0.15) is 0 Å². The van der Waals surface area contributed by atoms with Crippen LogP contribution in [0.4, 0.5) is 0 Å². The number of fused-ring (bicyclic) bond motifs is 3. The summed E-state index contributed by atoms with van der Waals surface area (Å²) in [6.07, 6.45) is 1.95. The van der Waals surface area contributed by atoms with E-state index in [1.54, 1.807) is 14.2 Å². The molecule has 0 spiro atoms. The Bertz CT molecular complexity index is 964. The zero-order chi connectivity index (χ0) is 18.3. The van der Waals surface area contributed by atoms with Crippen molar-refractivity contribution in [2.24, 2.45) is 0 Å². The summed E-state index contributed by atoms with van der Waals surface area (Å²) in [6, 6.07) is 10.8. The van der Waals surface area contributed by atoms with Gasteiger partial charge in [0, 0.05) is 15.6 Å². The van der Waals surface area contributed by atoms with Crippen LogP contribution < -0.4 is 14.8 Å². The lowest BCUT2D eigenvalue weighted by Crippen LogP contribution is -2.31. The van der Waals surface area contributed by atoms with Gasteiger partial charge < -0.3 is 19.8 Å². The number of H-pyrrole nitrogens is 1. The smallest absolute Gasteiger partial charge is 0.160 e. The fourth-order valence-electron chi connectivity index (χ4n) is 3.87. The van der Waals surface area contributed by atoms with E-state index >= 15 is 0 Å². The number of hydrogen-bond acceptors (Lipinski definition) is 3. The molecule has 136 valence electrons. The van der Waals surface area contributed by atoms with Gasteiger partial charge in [-0.3, -0.25) is 0 Å². The molecule has 1 aliphatic rings. The van der Waals surface area contributed by atoms with Crippen LogP contribution in [0.1, 0.15) is 28.4 Å². The third-order valence-corrected chi connectivity index (χ3v) is 6.27. The molecule has 4 nitrogen and oxygen atoms in total. The minimum atomic E-state index is 0.261. The van der Waals surface area contributed by atoms with Gasteiger partial charge in [-0.2, -0.15) is 0 Å². The standard InChI is InChI=1S/C21H23BrN2O2/c1-12-4-6-14-15-8-9-23-16(20(15)24-21(14)19(12)22)10-13-5-7-17(25-2)18(11-13)26-3/h4-7,11,16,23-24H,8-10H2,1-3H3/t16-/m1/s1. The van der Waals surface area contributed by atoms with Crippen LogP contribution in [0.3, 0.4) is 0 Å². The molecule has 2 aromatic carbocycles. The van der Waals surface area contributed by atoms with Gasteiger partial charge in [-0.25, -0.2) is 0 Å². The SMILES string of the molecule is COc1ccc(C[C@H]2NCCc3c2[nH]c2c(Br)c(C)ccc32)cc1OC.